The third kappa shape index (κ3) is 4.40. The van der Waals surface area contributed by atoms with E-state index in [2.05, 4.69) is 4.98 Å². The number of thioether (sulfide) groups is 1. The van der Waals surface area contributed by atoms with Crippen LogP contribution in [-0.2, 0) is 21.2 Å². The van der Waals surface area contributed by atoms with Crippen LogP contribution in [0.2, 0.25) is 0 Å². The van der Waals surface area contributed by atoms with Crippen molar-refractivity contribution in [2.75, 3.05) is 17.3 Å². The monoisotopic (exact) mass is 386 g/mol. The number of aromatic nitrogens is 1. The van der Waals surface area contributed by atoms with Gasteiger partial charge in [0.1, 0.15) is 5.76 Å². The number of rotatable bonds is 6. The molecule has 1 aliphatic rings. The van der Waals surface area contributed by atoms with E-state index in [1.165, 1.54) is 23.1 Å². The zero-order valence-electron chi connectivity index (χ0n) is 13.2. The van der Waals surface area contributed by atoms with Crippen molar-refractivity contribution < 1.29 is 17.6 Å². The lowest BCUT2D eigenvalue weighted by Crippen LogP contribution is -2.41. The van der Waals surface area contributed by atoms with Crippen LogP contribution in [0, 0.1) is 6.92 Å². The molecule has 0 bridgehead atoms. The summed E-state index contributed by atoms with van der Waals surface area (Å²) < 4.78 is 29.7. The van der Waals surface area contributed by atoms with Crippen molar-refractivity contribution in [2.45, 2.75) is 30.3 Å². The van der Waals surface area contributed by atoms with Crippen molar-refractivity contribution in [3.8, 4) is 0 Å². The maximum Gasteiger partial charge on any atom is 0.233 e. The van der Waals surface area contributed by atoms with E-state index in [0.29, 0.717) is 18.7 Å². The lowest BCUT2D eigenvalue weighted by Gasteiger charge is -2.27. The molecule has 2 aromatic heterocycles. The van der Waals surface area contributed by atoms with Crippen molar-refractivity contribution in [2.24, 2.45) is 0 Å². The zero-order valence-corrected chi connectivity index (χ0v) is 15.6. The quantitative estimate of drug-likeness (QED) is 0.709. The molecule has 0 aliphatic carbocycles. The van der Waals surface area contributed by atoms with Gasteiger partial charge < -0.3 is 9.32 Å². The Bertz CT molecular complexity index is 799. The molecule has 130 valence electrons. The first-order valence-corrected chi connectivity index (χ1v) is 11.2. The third-order valence-electron chi connectivity index (χ3n) is 3.79. The summed E-state index contributed by atoms with van der Waals surface area (Å²) in [6.07, 6.45) is 2.03. The highest BCUT2D eigenvalue weighted by Crippen LogP contribution is 2.25. The van der Waals surface area contributed by atoms with E-state index in [4.69, 9.17) is 4.42 Å². The average Bonchev–Trinajstić information content (AvgIpc) is 3.24. The molecule has 0 aromatic carbocycles. The Labute approximate surface area is 149 Å². The summed E-state index contributed by atoms with van der Waals surface area (Å²) in [5.74, 6) is 0.970. The number of hydrogen-bond acceptors (Lipinski definition) is 7. The maximum atomic E-state index is 12.7. The summed E-state index contributed by atoms with van der Waals surface area (Å²) in [6.45, 7) is 2.21. The molecule has 24 heavy (non-hydrogen) atoms. The smallest absolute Gasteiger partial charge is 0.233 e. The molecule has 2 aromatic rings. The van der Waals surface area contributed by atoms with E-state index >= 15 is 0 Å². The first-order chi connectivity index (χ1) is 11.4. The Morgan fingerprint density at radius 1 is 1.54 bits per heavy atom. The molecule has 0 unspecified atom stereocenters. The van der Waals surface area contributed by atoms with E-state index in [0.717, 1.165) is 10.0 Å². The molecule has 1 aliphatic heterocycles. The van der Waals surface area contributed by atoms with Crippen LogP contribution >= 0.6 is 23.1 Å². The second-order valence-electron chi connectivity index (χ2n) is 5.70. The highest BCUT2D eigenvalue weighted by atomic mass is 32.2. The van der Waals surface area contributed by atoms with Crippen molar-refractivity contribution in [3.63, 3.8) is 0 Å². The van der Waals surface area contributed by atoms with E-state index in [1.54, 1.807) is 23.3 Å². The molecule has 6 nitrogen and oxygen atoms in total. The van der Waals surface area contributed by atoms with Gasteiger partial charge in [-0.3, -0.25) is 4.79 Å². The summed E-state index contributed by atoms with van der Waals surface area (Å²) >= 11 is 2.89. The topological polar surface area (TPSA) is 80.5 Å². The van der Waals surface area contributed by atoms with Gasteiger partial charge in [-0.15, -0.1) is 11.3 Å². The summed E-state index contributed by atoms with van der Waals surface area (Å²) in [5, 5.41) is 1.94. The van der Waals surface area contributed by atoms with Crippen LogP contribution in [0.4, 0.5) is 0 Å². The van der Waals surface area contributed by atoms with Crippen molar-refractivity contribution in [1.82, 2.24) is 9.88 Å². The van der Waals surface area contributed by atoms with Gasteiger partial charge in [0.2, 0.25) is 5.91 Å². The third-order valence-corrected chi connectivity index (χ3v) is 7.67. The molecular formula is C15H18N2O4S3. The van der Waals surface area contributed by atoms with E-state index in [9.17, 15) is 13.2 Å². The maximum absolute atomic E-state index is 12.7. The van der Waals surface area contributed by atoms with Crippen LogP contribution in [0.5, 0.6) is 0 Å². The molecule has 0 spiro atoms. The van der Waals surface area contributed by atoms with Gasteiger partial charge in [0.05, 0.1) is 30.1 Å². The number of nitrogens with zero attached hydrogens (tertiary/aromatic N) is 2. The Morgan fingerprint density at radius 3 is 2.96 bits per heavy atom. The van der Waals surface area contributed by atoms with Gasteiger partial charge in [0.15, 0.2) is 14.2 Å². The molecule has 1 atom stereocenters. The molecule has 1 amide bonds. The fourth-order valence-electron chi connectivity index (χ4n) is 2.62. The molecule has 1 saturated heterocycles. The number of hydrogen-bond donors (Lipinski definition) is 0. The number of thiazole rings is 1. The molecule has 3 heterocycles. The summed E-state index contributed by atoms with van der Waals surface area (Å²) in [4.78, 5) is 18.7. The predicted molar refractivity (Wildman–Crippen MR) is 93.9 cm³/mol. The minimum Gasteiger partial charge on any atom is -0.467 e. The van der Waals surface area contributed by atoms with Crippen molar-refractivity contribution in [1.29, 1.82) is 0 Å². The van der Waals surface area contributed by atoms with Crippen LogP contribution < -0.4 is 0 Å². The number of sulfone groups is 1. The van der Waals surface area contributed by atoms with Gasteiger partial charge in [-0.05, 0) is 25.5 Å². The number of amides is 1. The minimum absolute atomic E-state index is 0.0282. The van der Waals surface area contributed by atoms with Crippen LogP contribution in [-0.4, -0.2) is 47.5 Å². The van der Waals surface area contributed by atoms with Crippen molar-refractivity contribution >= 4 is 38.8 Å². The molecule has 0 radical (unpaired) electrons. The second-order valence-corrected chi connectivity index (χ2v) is 10.0. The predicted octanol–water partition coefficient (Wildman–Crippen LogP) is 2.35. The first-order valence-electron chi connectivity index (χ1n) is 7.50. The standard InChI is InChI=1S/C15H18N2O4S3/c1-11-8-22-15(16-11)23-9-14(18)17(7-13-3-2-5-21-13)12-4-6-24(19,20)10-12/h2-3,5,8,12H,4,6-7,9-10H2,1H3/t12-/m1/s1. The number of aryl methyl sites for hydroxylation is 1. The lowest BCUT2D eigenvalue weighted by molar-refractivity contribution is -0.131. The normalized spacial score (nSPS) is 19.5. The minimum atomic E-state index is -3.06. The molecule has 0 saturated carbocycles. The van der Waals surface area contributed by atoms with Gasteiger partial charge in [-0.25, -0.2) is 13.4 Å². The zero-order chi connectivity index (χ0) is 17.2. The van der Waals surface area contributed by atoms with Gasteiger partial charge in [0, 0.05) is 17.1 Å². The molecule has 3 rings (SSSR count). The first kappa shape index (κ1) is 17.5. The molecule has 9 heteroatoms. The van der Waals surface area contributed by atoms with Crippen LogP contribution in [0.3, 0.4) is 0 Å². The summed E-state index contributed by atoms with van der Waals surface area (Å²) in [6, 6.07) is 3.27. The van der Waals surface area contributed by atoms with Gasteiger partial charge >= 0.3 is 0 Å². The van der Waals surface area contributed by atoms with Crippen LogP contribution in [0.1, 0.15) is 17.9 Å². The Balaban J connectivity index is 1.69. The Morgan fingerprint density at radius 2 is 2.38 bits per heavy atom. The fraction of sp³-hybridized carbons (Fsp3) is 0.467. The average molecular weight is 387 g/mol. The van der Waals surface area contributed by atoms with E-state index in [-0.39, 0.29) is 29.2 Å². The Hall–Kier alpha value is -1.32. The summed E-state index contributed by atoms with van der Waals surface area (Å²) in [7, 11) is -3.06. The van der Waals surface area contributed by atoms with Gasteiger partial charge in [-0.2, -0.15) is 0 Å². The Kier molecular flexibility index (Phi) is 5.31. The second kappa shape index (κ2) is 7.28. The largest absolute Gasteiger partial charge is 0.467 e. The number of furan rings is 1. The lowest BCUT2D eigenvalue weighted by atomic mass is 10.2. The highest BCUT2D eigenvalue weighted by molar-refractivity contribution is 8.01. The van der Waals surface area contributed by atoms with Crippen LogP contribution in [0.15, 0.2) is 32.5 Å². The number of carbonyl (C=O) groups excluding carboxylic acids is 1. The van der Waals surface area contributed by atoms with Gasteiger partial charge in [0.25, 0.3) is 0 Å². The fourth-order valence-corrected chi connectivity index (χ4v) is 6.08. The number of carbonyl (C=O) groups is 1. The highest BCUT2D eigenvalue weighted by Gasteiger charge is 2.35. The molecular weight excluding hydrogens is 368 g/mol. The van der Waals surface area contributed by atoms with E-state index < -0.39 is 9.84 Å². The van der Waals surface area contributed by atoms with Crippen LogP contribution in [0.25, 0.3) is 0 Å². The summed E-state index contributed by atoms with van der Waals surface area (Å²) in [5.41, 5.74) is 0.935. The SMILES string of the molecule is Cc1csc(SCC(=O)N(Cc2ccco2)[C@@H]2CCS(=O)(=O)C2)n1. The molecule has 0 N–H and O–H groups in total. The van der Waals surface area contributed by atoms with E-state index in [1.807, 2.05) is 12.3 Å². The van der Waals surface area contributed by atoms with Gasteiger partial charge in [-0.1, -0.05) is 11.8 Å². The molecule has 1 fully saturated rings. The van der Waals surface area contributed by atoms with Crippen molar-refractivity contribution in [3.05, 3.63) is 35.2 Å².